The second-order valence-electron chi connectivity index (χ2n) is 6.88. The Morgan fingerprint density at radius 1 is 1.14 bits per heavy atom. The molecule has 0 saturated carbocycles. The van der Waals surface area contributed by atoms with Crippen molar-refractivity contribution in [2.45, 2.75) is 20.4 Å². The summed E-state index contributed by atoms with van der Waals surface area (Å²) in [6, 6.07) is 11.5. The summed E-state index contributed by atoms with van der Waals surface area (Å²) in [5.41, 5.74) is 3.32. The van der Waals surface area contributed by atoms with Crippen LogP contribution in [-0.4, -0.2) is 25.2 Å². The molecule has 0 aliphatic carbocycles. The van der Waals surface area contributed by atoms with E-state index in [0.717, 1.165) is 16.8 Å². The Hall–Kier alpha value is -3.81. The molecule has 0 atom stereocenters. The van der Waals surface area contributed by atoms with Gasteiger partial charge < -0.3 is 5.32 Å². The monoisotopic (exact) mass is 391 g/mol. The van der Waals surface area contributed by atoms with Gasteiger partial charge in [0.05, 0.1) is 11.9 Å². The fourth-order valence-corrected chi connectivity index (χ4v) is 3.24. The largest absolute Gasteiger partial charge is 0.324 e. The maximum Gasteiger partial charge on any atom is 0.264 e. The SMILES string of the molecule is Cc1cc(C)cc(-n2ncc3c(=O)n(CC(=O)Nc4cccc(F)c4)cnc32)c1. The van der Waals surface area contributed by atoms with Gasteiger partial charge in [-0.3, -0.25) is 14.2 Å². The lowest BCUT2D eigenvalue weighted by molar-refractivity contribution is -0.116. The zero-order valence-corrected chi connectivity index (χ0v) is 15.9. The summed E-state index contributed by atoms with van der Waals surface area (Å²) >= 11 is 0. The van der Waals surface area contributed by atoms with Crippen molar-refractivity contribution in [3.05, 3.63) is 82.3 Å². The fourth-order valence-electron chi connectivity index (χ4n) is 3.24. The van der Waals surface area contributed by atoms with Crippen molar-refractivity contribution in [1.82, 2.24) is 19.3 Å². The normalized spacial score (nSPS) is 11.0. The van der Waals surface area contributed by atoms with Gasteiger partial charge in [-0.15, -0.1) is 0 Å². The fraction of sp³-hybridized carbons (Fsp3) is 0.143. The average Bonchev–Trinajstić information content (AvgIpc) is 3.08. The van der Waals surface area contributed by atoms with Crippen molar-refractivity contribution in [3.8, 4) is 5.69 Å². The van der Waals surface area contributed by atoms with Crippen molar-refractivity contribution in [2.24, 2.45) is 0 Å². The van der Waals surface area contributed by atoms with Crippen LogP contribution in [0.2, 0.25) is 0 Å². The number of hydrogen-bond donors (Lipinski definition) is 1. The number of fused-ring (bicyclic) bond motifs is 1. The maximum atomic E-state index is 13.2. The minimum absolute atomic E-state index is 0.243. The molecule has 0 spiro atoms. The van der Waals surface area contributed by atoms with Crippen molar-refractivity contribution >= 4 is 22.6 Å². The van der Waals surface area contributed by atoms with Crippen LogP contribution >= 0.6 is 0 Å². The van der Waals surface area contributed by atoms with E-state index in [0.29, 0.717) is 16.7 Å². The molecule has 2 aromatic heterocycles. The first-order valence-electron chi connectivity index (χ1n) is 8.98. The zero-order valence-electron chi connectivity index (χ0n) is 15.9. The minimum atomic E-state index is -0.458. The molecule has 146 valence electrons. The molecule has 0 unspecified atom stereocenters. The van der Waals surface area contributed by atoms with Crippen LogP contribution in [0.3, 0.4) is 0 Å². The molecule has 2 heterocycles. The quantitative estimate of drug-likeness (QED) is 0.580. The second-order valence-corrected chi connectivity index (χ2v) is 6.88. The van der Waals surface area contributed by atoms with Gasteiger partial charge in [0.25, 0.3) is 5.56 Å². The highest BCUT2D eigenvalue weighted by Gasteiger charge is 2.14. The zero-order chi connectivity index (χ0) is 20.5. The number of benzene rings is 2. The molecule has 2 aromatic carbocycles. The van der Waals surface area contributed by atoms with Crippen LogP contribution in [-0.2, 0) is 11.3 Å². The number of carbonyl (C=O) groups excluding carboxylic acids is 1. The number of amides is 1. The molecule has 0 saturated heterocycles. The third-order valence-electron chi connectivity index (χ3n) is 4.43. The van der Waals surface area contributed by atoms with Crippen LogP contribution in [0.15, 0.2) is 59.8 Å². The van der Waals surface area contributed by atoms with Gasteiger partial charge in [-0.05, 0) is 55.3 Å². The molecule has 0 aliphatic rings. The lowest BCUT2D eigenvalue weighted by Gasteiger charge is -2.08. The van der Waals surface area contributed by atoms with E-state index in [1.807, 2.05) is 32.0 Å². The van der Waals surface area contributed by atoms with Crippen LogP contribution in [0, 0.1) is 19.7 Å². The number of halogens is 1. The van der Waals surface area contributed by atoms with E-state index in [2.05, 4.69) is 15.4 Å². The third kappa shape index (κ3) is 3.77. The number of hydrogen-bond acceptors (Lipinski definition) is 4. The Morgan fingerprint density at radius 3 is 2.62 bits per heavy atom. The highest BCUT2D eigenvalue weighted by molar-refractivity contribution is 5.90. The highest BCUT2D eigenvalue weighted by Crippen LogP contribution is 2.17. The number of rotatable bonds is 4. The van der Waals surface area contributed by atoms with Gasteiger partial charge in [0, 0.05) is 5.69 Å². The number of nitrogens with zero attached hydrogens (tertiary/aromatic N) is 4. The molecule has 4 rings (SSSR count). The topological polar surface area (TPSA) is 81.8 Å². The van der Waals surface area contributed by atoms with Crippen LogP contribution in [0.25, 0.3) is 16.7 Å². The van der Waals surface area contributed by atoms with E-state index < -0.39 is 11.7 Å². The van der Waals surface area contributed by atoms with Crippen molar-refractivity contribution in [3.63, 3.8) is 0 Å². The second kappa shape index (κ2) is 7.31. The van der Waals surface area contributed by atoms with Gasteiger partial charge in [-0.2, -0.15) is 5.10 Å². The Kier molecular flexibility index (Phi) is 4.67. The van der Waals surface area contributed by atoms with Gasteiger partial charge in [-0.25, -0.2) is 14.1 Å². The molecule has 1 amide bonds. The van der Waals surface area contributed by atoms with E-state index in [-0.39, 0.29) is 12.1 Å². The molecule has 29 heavy (non-hydrogen) atoms. The Bertz CT molecular complexity index is 1270. The standard InChI is InChI=1S/C21H18FN5O2/c1-13-6-14(2)8-17(7-13)27-20-18(10-24-27)21(29)26(12-23-20)11-19(28)25-16-5-3-4-15(22)9-16/h3-10,12H,11H2,1-2H3,(H,25,28). The predicted molar refractivity (Wildman–Crippen MR) is 108 cm³/mol. The number of carbonyl (C=O) groups is 1. The summed E-state index contributed by atoms with van der Waals surface area (Å²) in [4.78, 5) is 29.4. The molecule has 0 aliphatic heterocycles. The van der Waals surface area contributed by atoms with Gasteiger partial charge in [0.2, 0.25) is 5.91 Å². The van der Waals surface area contributed by atoms with E-state index in [1.54, 1.807) is 10.7 Å². The summed E-state index contributed by atoms with van der Waals surface area (Å²) in [5, 5.41) is 7.18. The molecule has 4 aromatic rings. The molecule has 8 heteroatoms. The molecular formula is C21H18FN5O2. The molecular weight excluding hydrogens is 373 g/mol. The first-order chi connectivity index (χ1) is 13.9. The van der Waals surface area contributed by atoms with Crippen molar-refractivity contribution in [2.75, 3.05) is 5.32 Å². The number of aryl methyl sites for hydroxylation is 2. The molecule has 1 N–H and O–H groups in total. The lowest BCUT2D eigenvalue weighted by Crippen LogP contribution is -2.27. The van der Waals surface area contributed by atoms with Crippen LogP contribution in [0.1, 0.15) is 11.1 Å². The minimum Gasteiger partial charge on any atom is -0.324 e. The Balaban J connectivity index is 1.63. The summed E-state index contributed by atoms with van der Waals surface area (Å²) in [6.07, 6.45) is 2.76. The van der Waals surface area contributed by atoms with E-state index in [1.165, 1.54) is 35.3 Å². The molecule has 0 fully saturated rings. The van der Waals surface area contributed by atoms with E-state index in [4.69, 9.17) is 0 Å². The van der Waals surface area contributed by atoms with Gasteiger partial charge >= 0.3 is 0 Å². The van der Waals surface area contributed by atoms with Crippen LogP contribution in [0.5, 0.6) is 0 Å². The predicted octanol–water partition coefficient (Wildman–Crippen LogP) is 2.98. The lowest BCUT2D eigenvalue weighted by atomic mass is 10.1. The average molecular weight is 391 g/mol. The van der Waals surface area contributed by atoms with Crippen LogP contribution < -0.4 is 10.9 Å². The smallest absolute Gasteiger partial charge is 0.264 e. The van der Waals surface area contributed by atoms with Crippen LogP contribution in [0.4, 0.5) is 10.1 Å². The van der Waals surface area contributed by atoms with Gasteiger partial charge in [0.15, 0.2) is 5.65 Å². The first-order valence-corrected chi connectivity index (χ1v) is 8.98. The number of nitrogens with one attached hydrogen (secondary N) is 1. The van der Waals surface area contributed by atoms with Gasteiger partial charge in [-0.1, -0.05) is 12.1 Å². The first kappa shape index (κ1) is 18.5. The summed E-state index contributed by atoms with van der Waals surface area (Å²) in [7, 11) is 0. The number of aromatic nitrogens is 4. The summed E-state index contributed by atoms with van der Waals surface area (Å²) in [5.74, 6) is -0.914. The molecule has 0 radical (unpaired) electrons. The molecule has 7 nitrogen and oxygen atoms in total. The maximum absolute atomic E-state index is 13.2. The van der Waals surface area contributed by atoms with Gasteiger partial charge in [0.1, 0.15) is 24.1 Å². The third-order valence-corrected chi connectivity index (χ3v) is 4.43. The van der Waals surface area contributed by atoms with E-state index in [9.17, 15) is 14.0 Å². The highest BCUT2D eigenvalue weighted by atomic mass is 19.1. The van der Waals surface area contributed by atoms with Crippen molar-refractivity contribution < 1.29 is 9.18 Å². The summed E-state index contributed by atoms with van der Waals surface area (Å²) in [6.45, 7) is 3.73. The Labute approximate surface area is 165 Å². The van der Waals surface area contributed by atoms with E-state index >= 15 is 0 Å². The Morgan fingerprint density at radius 2 is 1.90 bits per heavy atom. The number of anilines is 1. The summed E-state index contributed by atoms with van der Waals surface area (Å²) < 4.78 is 16.1. The molecule has 0 bridgehead atoms. The van der Waals surface area contributed by atoms with Crippen molar-refractivity contribution in [1.29, 1.82) is 0 Å².